The van der Waals surface area contributed by atoms with Gasteiger partial charge in [0.25, 0.3) is 0 Å². The van der Waals surface area contributed by atoms with E-state index in [1.54, 1.807) is 17.1 Å². The molecule has 0 spiro atoms. The number of hydrogen-bond acceptors (Lipinski definition) is 6. The average Bonchev–Trinajstić information content (AvgIpc) is 2.82. The van der Waals surface area contributed by atoms with Crippen molar-refractivity contribution in [2.24, 2.45) is 5.92 Å². The Balaban J connectivity index is 2.36. The van der Waals surface area contributed by atoms with E-state index in [4.69, 9.17) is 9.47 Å². The molecule has 1 aliphatic rings. The number of amides is 2. The van der Waals surface area contributed by atoms with E-state index in [0.717, 1.165) is 10.0 Å². The van der Waals surface area contributed by atoms with Crippen LogP contribution in [0.5, 0.6) is 0 Å². The number of halogens is 1. The fraction of sp³-hybridized carbons (Fsp3) is 0.630. The maximum atomic E-state index is 13.5. The highest BCUT2D eigenvalue weighted by Crippen LogP contribution is 2.19. The first kappa shape index (κ1) is 30.4. The molecule has 9 heteroatoms. The van der Waals surface area contributed by atoms with Crippen molar-refractivity contribution in [3.05, 3.63) is 40.4 Å². The fourth-order valence-electron chi connectivity index (χ4n) is 4.35. The normalized spacial score (nSPS) is 25.2. The Morgan fingerprint density at radius 3 is 2.64 bits per heavy atom. The molecule has 1 aromatic carbocycles. The molecule has 2 rings (SSSR count). The topological polar surface area (TPSA) is 99.5 Å². The molecule has 1 saturated heterocycles. The first-order chi connectivity index (χ1) is 17.1. The Kier molecular flexibility index (Phi) is 13.1. The van der Waals surface area contributed by atoms with Gasteiger partial charge in [0, 0.05) is 56.9 Å². The van der Waals surface area contributed by atoms with Crippen LogP contribution in [0.1, 0.15) is 45.6 Å². The predicted octanol–water partition coefficient (Wildman–Crippen LogP) is 3.10. The van der Waals surface area contributed by atoms with Crippen molar-refractivity contribution in [2.45, 2.75) is 64.4 Å². The summed E-state index contributed by atoms with van der Waals surface area (Å²) in [6.45, 7) is 6.95. The van der Waals surface area contributed by atoms with Crippen LogP contribution >= 0.6 is 15.9 Å². The number of carbonyl (C=O) groups excluding carboxylic acids is 2. The minimum atomic E-state index is -1.21. The maximum absolute atomic E-state index is 13.5. The van der Waals surface area contributed by atoms with Crippen molar-refractivity contribution < 1.29 is 29.3 Å². The summed E-state index contributed by atoms with van der Waals surface area (Å²) >= 11 is 3.46. The lowest BCUT2D eigenvalue weighted by molar-refractivity contribution is -0.140. The molecule has 0 bridgehead atoms. The number of nitrogens with zero attached hydrogens (tertiary/aromatic N) is 2. The highest BCUT2D eigenvalue weighted by molar-refractivity contribution is 9.10. The number of aliphatic hydroxyl groups excluding tert-OH is 2. The monoisotopic (exact) mass is 568 g/mol. The minimum absolute atomic E-state index is 0.0326. The zero-order valence-corrected chi connectivity index (χ0v) is 23.4. The molecule has 0 aliphatic carbocycles. The summed E-state index contributed by atoms with van der Waals surface area (Å²) in [5.74, 6) is -0.00942. The SMILES string of the molecule is CO[C@@H]1CN(C(C)=O)C[C@H](CC(C)C)N(C(=O)C=Cc2cccc(Br)c2)CCCCOC[C@@H](O)[C@H]1O. The second kappa shape index (κ2) is 15.5. The molecule has 2 N–H and O–H groups in total. The number of ether oxygens (including phenoxy) is 2. The second-order valence-electron chi connectivity index (χ2n) is 9.74. The van der Waals surface area contributed by atoms with E-state index in [-0.39, 0.29) is 31.0 Å². The molecule has 0 radical (unpaired) electrons. The first-order valence-electron chi connectivity index (χ1n) is 12.6. The Hall–Kier alpha value is -1.78. The zero-order valence-electron chi connectivity index (χ0n) is 21.8. The number of methoxy groups -OCH3 is 1. The highest BCUT2D eigenvalue weighted by atomic mass is 79.9. The van der Waals surface area contributed by atoms with E-state index in [9.17, 15) is 19.8 Å². The van der Waals surface area contributed by atoms with Crippen LogP contribution in [0.3, 0.4) is 0 Å². The molecule has 0 unspecified atom stereocenters. The summed E-state index contributed by atoms with van der Waals surface area (Å²) in [6, 6.07) is 7.50. The lowest BCUT2D eigenvalue weighted by Crippen LogP contribution is -2.53. The summed E-state index contributed by atoms with van der Waals surface area (Å²) in [5, 5.41) is 21.0. The Labute approximate surface area is 223 Å². The standard InChI is InChI=1S/C27H41BrN2O6/c1-19(2)14-23-16-29(20(3)31)17-25(35-4)27(34)24(32)18-36-13-6-5-12-30(23)26(33)11-10-21-8-7-9-22(28)15-21/h7-11,15,19,23-25,27,32,34H,5-6,12-14,16-18H2,1-4H3/t23-,24+,25+,27+/m0/s1. The average molecular weight is 570 g/mol. The van der Waals surface area contributed by atoms with Crippen molar-refractivity contribution in [3.63, 3.8) is 0 Å². The van der Waals surface area contributed by atoms with Gasteiger partial charge in [0.15, 0.2) is 0 Å². The molecule has 1 fully saturated rings. The summed E-state index contributed by atoms with van der Waals surface area (Å²) in [7, 11) is 1.44. The predicted molar refractivity (Wildman–Crippen MR) is 143 cm³/mol. The van der Waals surface area contributed by atoms with Crippen LogP contribution < -0.4 is 0 Å². The number of hydrogen-bond donors (Lipinski definition) is 2. The third kappa shape index (κ3) is 9.94. The molecule has 0 aromatic heterocycles. The van der Waals surface area contributed by atoms with Crippen LogP contribution in [0, 0.1) is 5.92 Å². The van der Waals surface area contributed by atoms with Crippen molar-refractivity contribution in [1.29, 1.82) is 0 Å². The molecule has 1 heterocycles. The number of carbonyl (C=O) groups is 2. The Morgan fingerprint density at radius 2 is 2.00 bits per heavy atom. The minimum Gasteiger partial charge on any atom is -0.388 e. The number of aliphatic hydroxyl groups is 2. The van der Waals surface area contributed by atoms with Crippen molar-refractivity contribution >= 4 is 33.8 Å². The van der Waals surface area contributed by atoms with Crippen LogP contribution in [0.2, 0.25) is 0 Å². The highest BCUT2D eigenvalue weighted by Gasteiger charge is 2.32. The van der Waals surface area contributed by atoms with E-state index in [1.165, 1.54) is 14.0 Å². The summed E-state index contributed by atoms with van der Waals surface area (Å²) in [4.78, 5) is 29.5. The molecule has 2 amide bonds. The van der Waals surface area contributed by atoms with Gasteiger partial charge < -0.3 is 29.5 Å². The van der Waals surface area contributed by atoms with Gasteiger partial charge in [0.05, 0.1) is 6.61 Å². The molecule has 0 saturated carbocycles. The van der Waals surface area contributed by atoms with Gasteiger partial charge in [0.2, 0.25) is 11.8 Å². The van der Waals surface area contributed by atoms with E-state index in [2.05, 4.69) is 29.8 Å². The second-order valence-corrected chi connectivity index (χ2v) is 10.7. The summed E-state index contributed by atoms with van der Waals surface area (Å²) in [6.07, 6.45) is 2.37. The van der Waals surface area contributed by atoms with Gasteiger partial charge in [0.1, 0.15) is 18.3 Å². The smallest absolute Gasteiger partial charge is 0.246 e. The van der Waals surface area contributed by atoms with E-state index in [0.29, 0.717) is 44.9 Å². The van der Waals surface area contributed by atoms with Crippen molar-refractivity contribution in [3.8, 4) is 0 Å². The van der Waals surface area contributed by atoms with Gasteiger partial charge in [-0.1, -0.05) is 41.9 Å². The molecule has 1 aromatic rings. The summed E-state index contributed by atoms with van der Waals surface area (Å²) < 4.78 is 11.9. The van der Waals surface area contributed by atoms with Crippen LogP contribution in [-0.4, -0.2) is 96.1 Å². The zero-order chi connectivity index (χ0) is 26.7. The van der Waals surface area contributed by atoms with Gasteiger partial charge in [-0.3, -0.25) is 9.59 Å². The molecular weight excluding hydrogens is 528 g/mol. The van der Waals surface area contributed by atoms with Crippen molar-refractivity contribution in [2.75, 3.05) is 40.0 Å². The van der Waals surface area contributed by atoms with Crippen molar-refractivity contribution in [1.82, 2.24) is 9.80 Å². The largest absolute Gasteiger partial charge is 0.388 e. The first-order valence-corrected chi connectivity index (χ1v) is 13.4. The third-order valence-corrected chi connectivity index (χ3v) is 6.81. The molecule has 36 heavy (non-hydrogen) atoms. The molecular formula is C27H41BrN2O6. The van der Waals surface area contributed by atoms with E-state index < -0.39 is 18.3 Å². The van der Waals surface area contributed by atoms with Crippen LogP contribution in [0.15, 0.2) is 34.8 Å². The van der Waals surface area contributed by atoms with Crippen LogP contribution in [0.25, 0.3) is 6.08 Å². The Bertz CT molecular complexity index is 864. The van der Waals surface area contributed by atoms with E-state index >= 15 is 0 Å². The molecule has 4 atom stereocenters. The van der Waals surface area contributed by atoms with Crippen LogP contribution in [0.4, 0.5) is 0 Å². The molecule has 1 aliphatic heterocycles. The quantitative estimate of drug-likeness (QED) is 0.529. The summed E-state index contributed by atoms with van der Waals surface area (Å²) in [5.41, 5.74) is 0.912. The third-order valence-electron chi connectivity index (χ3n) is 6.32. The van der Waals surface area contributed by atoms with Gasteiger partial charge in [-0.15, -0.1) is 0 Å². The van der Waals surface area contributed by atoms with Gasteiger partial charge in [-0.2, -0.15) is 0 Å². The fourth-order valence-corrected chi connectivity index (χ4v) is 4.77. The lowest BCUT2D eigenvalue weighted by atomic mass is 10.00. The van der Waals surface area contributed by atoms with Gasteiger partial charge in [-0.25, -0.2) is 0 Å². The molecule has 202 valence electrons. The van der Waals surface area contributed by atoms with Gasteiger partial charge >= 0.3 is 0 Å². The Morgan fingerprint density at radius 1 is 1.25 bits per heavy atom. The molecule has 8 nitrogen and oxygen atoms in total. The maximum Gasteiger partial charge on any atom is 0.246 e. The number of benzene rings is 1. The van der Waals surface area contributed by atoms with Crippen LogP contribution in [-0.2, 0) is 19.1 Å². The van der Waals surface area contributed by atoms with E-state index in [1.807, 2.05) is 29.2 Å². The number of rotatable bonds is 5. The lowest BCUT2D eigenvalue weighted by Gasteiger charge is -2.38. The van der Waals surface area contributed by atoms with Gasteiger partial charge in [-0.05, 0) is 49.0 Å².